The molecule has 1 aromatic heterocycles. The van der Waals surface area contributed by atoms with Gasteiger partial charge >= 0.3 is 6.03 Å². The van der Waals surface area contributed by atoms with Crippen molar-refractivity contribution in [2.45, 2.75) is 13.0 Å². The van der Waals surface area contributed by atoms with Crippen LogP contribution in [0.1, 0.15) is 18.5 Å². The minimum atomic E-state index is -0.496. The van der Waals surface area contributed by atoms with E-state index in [-0.39, 0.29) is 6.04 Å². The summed E-state index contributed by atoms with van der Waals surface area (Å²) in [5.41, 5.74) is 7.26. The summed E-state index contributed by atoms with van der Waals surface area (Å²) in [7, 11) is 0. The molecule has 2 aromatic rings. The van der Waals surface area contributed by atoms with Crippen LogP contribution < -0.4 is 16.4 Å². The lowest BCUT2D eigenvalue weighted by Crippen LogP contribution is -2.36. The summed E-state index contributed by atoms with van der Waals surface area (Å²) in [5.74, 6) is 0. The fraction of sp³-hybridized carbons (Fsp3) is 0.286. The predicted molar refractivity (Wildman–Crippen MR) is 77.6 cm³/mol. The molecule has 0 radical (unpaired) electrons. The first-order valence-corrected chi connectivity index (χ1v) is 6.52. The molecule has 0 saturated carbocycles. The van der Waals surface area contributed by atoms with Gasteiger partial charge in [-0.15, -0.1) is 0 Å². The zero-order valence-electron chi connectivity index (χ0n) is 11.4. The number of hydrogen-bond acceptors (Lipinski definition) is 3. The lowest BCUT2D eigenvalue weighted by molar-refractivity contribution is 0.249. The highest BCUT2D eigenvalue weighted by atomic mass is 16.2. The van der Waals surface area contributed by atoms with Gasteiger partial charge in [0.05, 0.1) is 6.33 Å². The molecule has 6 nitrogen and oxygen atoms in total. The molecule has 1 heterocycles. The zero-order valence-corrected chi connectivity index (χ0v) is 11.4. The van der Waals surface area contributed by atoms with Crippen molar-refractivity contribution in [2.24, 2.45) is 5.73 Å². The topological polar surface area (TPSA) is 85.0 Å². The van der Waals surface area contributed by atoms with Crippen LogP contribution in [0.2, 0.25) is 0 Å². The average molecular weight is 273 g/mol. The van der Waals surface area contributed by atoms with E-state index in [4.69, 9.17) is 5.73 Å². The first kappa shape index (κ1) is 14.1. The Labute approximate surface area is 118 Å². The lowest BCUT2D eigenvalue weighted by Gasteiger charge is -2.15. The quantitative estimate of drug-likeness (QED) is 0.691. The van der Waals surface area contributed by atoms with Crippen molar-refractivity contribution in [1.29, 1.82) is 0 Å². The molecular weight excluding hydrogens is 254 g/mol. The summed E-state index contributed by atoms with van der Waals surface area (Å²) < 4.78 is 1.96. The molecule has 0 aliphatic heterocycles. The van der Waals surface area contributed by atoms with Gasteiger partial charge in [-0.1, -0.05) is 12.1 Å². The van der Waals surface area contributed by atoms with E-state index in [1.807, 2.05) is 10.8 Å². The third kappa shape index (κ3) is 3.83. The summed E-state index contributed by atoms with van der Waals surface area (Å²) in [4.78, 5) is 14.6. The number of benzene rings is 1. The van der Waals surface area contributed by atoms with Crippen molar-refractivity contribution in [3.63, 3.8) is 0 Å². The van der Waals surface area contributed by atoms with E-state index >= 15 is 0 Å². The minimum Gasteiger partial charge on any atom is -0.352 e. The molecule has 6 heteroatoms. The van der Waals surface area contributed by atoms with Gasteiger partial charge in [0.2, 0.25) is 0 Å². The van der Waals surface area contributed by atoms with Gasteiger partial charge in [-0.25, -0.2) is 9.78 Å². The van der Waals surface area contributed by atoms with E-state index in [0.29, 0.717) is 13.1 Å². The van der Waals surface area contributed by atoms with Crippen LogP contribution >= 0.6 is 0 Å². The molecule has 2 amide bonds. The molecule has 1 unspecified atom stereocenters. The van der Waals surface area contributed by atoms with Gasteiger partial charge in [0.1, 0.15) is 0 Å². The molecule has 0 spiro atoms. The predicted octanol–water partition coefficient (Wildman–Crippen LogP) is 1.19. The molecule has 0 fully saturated rings. The number of imidazole rings is 1. The Balaban J connectivity index is 1.87. The summed E-state index contributed by atoms with van der Waals surface area (Å²) in [6, 6.07) is 7.97. The van der Waals surface area contributed by atoms with Gasteiger partial charge in [0.25, 0.3) is 0 Å². The highest BCUT2D eigenvalue weighted by molar-refractivity contribution is 5.71. The Morgan fingerprint density at radius 3 is 2.70 bits per heavy atom. The Bertz CT molecular complexity index is 535. The second kappa shape index (κ2) is 6.72. The Morgan fingerprint density at radius 1 is 1.35 bits per heavy atom. The maximum absolute atomic E-state index is 10.5. The molecule has 0 aliphatic rings. The monoisotopic (exact) mass is 273 g/mol. The highest BCUT2D eigenvalue weighted by Gasteiger charge is 2.04. The van der Waals surface area contributed by atoms with Crippen molar-refractivity contribution in [2.75, 3.05) is 13.1 Å². The van der Waals surface area contributed by atoms with Crippen LogP contribution in [-0.2, 0) is 0 Å². The van der Waals surface area contributed by atoms with Crippen LogP contribution in [0.4, 0.5) is 4.79 Å². The number of nitrogens with one attached hydrogen (secondary N) is 2. The van der Waals surface area contributed by atoms with Crippen molar-refractivity contribution in [3.05, 3.63) is 48.5 Å². The first-order chi connectivity index (χ1) is 9.66. The van der Waals surface area contributed by atoms with Crippen LogP contribution in [0.15, 0.2) is 43.0 Å². The van der Waals surface area contributed by atoms with Crippen molar-refractivity contribution in [3.8, 4) is 5.69 Å². The molecular formula is C14H19N5O. The fourth-order valence-electron chi connectivity index (χ4n) is 1.94. The van der Waals surface area contributed by atoms with E-state index in [9.17, 15) is 4.79 Å². The number of nitrogens with zero attached hydrogens (tertiary/aromatic N) is 2. The maximum Gasteiger partial charge on any atom is 0.312 e. The smallest absolute Gasteiger partial charge is 0.312 e. The number of rotatable bonds is 6. The van der Waals surface area contributed by atoms with Crippen LogP contribution in [0.5, 0.6) is 0 Å². The standard InChI is InChI=1S/C14H19N5O/c1-11(17-6-7-18-14(15)20)12-2-4-13(5-3-12)19-9-8-16-10-19/h2-5,8-11,17H,6-7H2,1H3,(H3,15,18,20). The molecule has 20 heavy (non-hydrogen) atoms. The summed E-state index contributed by atoms with van der Waals surface area (Å²) in [6.45, 7) is 3.27. The summed E-state index contributed by atoms with van der Waals surface area (Å²) in [5, 5.41) is 5.87. The maximum atomic E-state index is 10.5. The average Bonchev–Trinajstić information content (AvgIpc) is 2.97. The van der Waals surface area contributed by atoms with Gasteiger partial charge in [-0.3, -0.25) is 0 Å². The second-order valence-corrected chi connectivity index (χ2v) is 4.53. The van der Waals surface area contributed by atoms with Gasteiger partial charge < -0.3 is 20.9 Å². The van der Waals surface area contributed by atoms with Gasteiger partial charge in [0, 0.05) is 37.2 Å². The number of hydrogen-bond donors (Lipinski definition) is 3. The fourth-order valence-corrected chi connectivity index (χ4v) is 1.94. The van der Waals surface area contributed by atoms with Gasteiger partial charge in [-0.05, 0) is 24.6 Å². The number of nitrogens with two attached hydrogens (primary N) is 1. The van der Waals surface area contributed by atoms with Gasteiger partial charge in [-0.2, -0.15) is 0 Å². The number of amides is 2. The number of primary amides is 1. The molecule has 4 N–H and O–H groups in total. The van der Waals surface area contributed by atoms with E-state index in [1.54, 1.807) is 12.5 Å². The first-order valence-electron chi connectivity index (χ1n) is 6.52. The van der Waals surface area contributed by atoms with Crippen molar-refractivity contribution >= 4 is 6.03 Å². The molecule has 0 bridgehead atoms. The van der Waals surface area contributed by atoms with Gasteiger partial charge in [0.15, 0.2) is 0 Å². The Hall–Kier alpha value is -2.34. The van der Waals surface area contributed by atoms with Crippen LogP contribution in [0.3, 0.4) is 0 Å². The molecule has 106 valence electrons. The van der Waals surface area contributed by atoms with Crippen molar-refractivity contribution in [1.82, 2.24) is 20.2 Å². The molecule has 2 rings (SSSR count). The van der Waals surface area contributed by atoms with E-state index in [2.05, 4.69) is 46.8 Å². The Kier molecular flexibility index (Phi) is 4.73. The molecule has 0 aliphatic carbocycles. The molecule has 0 saturated heterocycles. The van der Waals surface area contributed by atoms with E-state index in [1.165, 1.54) is 5.56 Å². The molecule has 1 aromatic carbocycles. The number of carbonyl (C=O) groups excluding carboxylic acids is 1. The van der Waals surface area contributed by atoms with Crippen molar-refractivity contribution < 1.29 is 4.79 Å². The minimum absolute atomic E-state index is 0.210. The van der Waals surface area contributed by atoms with Crippen LogP contribution in [0, 0.1) is 0 Å². The third-order valence-electron chi connectivity index (χ3n) is 3.07. The lowest BCUT2D eigenvalue weighted by atomic mass is 10.1. The van der Waals surface area contributed by atoms with Crippen LogP contribution in [0.25, 0.3) is 5.69 Å². The number of carbonyl (C=O) groups is 1. The third-order valence-corrected chi connectivity index (χ3v) is 3.07. The second-order valence-electron chi connectivity index (χ2n) is 4.53. The molecule has 1 atom stereocenters. The normalized spacial score (nSPS) is 12.1. The Morgan fingerprint density at radius 2 is 2.10 bits per heavy atom. The highest BCUT2D eigenvalue weighted by Crippen LogP contribution is 2.15. The van der Waals surface area contributed by atoms with E-state index < -0.39 is 6.03 Å². The largest absolute Gasteiger partial charge is 0.352 e. The van der Waals surface area contributed by atoms with Crippen LogP contribution in [-0.4, -0.2) is 28.7 Å². The SMILES string of the molecule is CC(NCCNC(N)=O)c1ccc(-n2ccnc2)cc1. The summed E-state index contributed by atoms with van der Waals surface area (Å²) in [6.07, 6.45) is 5.43. The summed E-state index contributed by atoms with van der Waals surface area (Å²) >= 11 is 0. The number of aromatic nitrogens is 2. The zero-order chi connectivity index (χ0) is 14.4. The number of urea groups is 1. The van der Waals surface area contributed by atoms with E-state index in [0.717, 1.165) is 5.69 Å².